The first kappa shape index (κ1) is 61.6. The summed E-state index contributed by atoms with van der Waals surface area (Å²) in [6, 6.07) is 120. The van der Waals surface area contributed by atoms with Crippen LogP contribution in [-0.2, 0) is 5.41 Å². The van der Waals surface area contributed by atoms with E-state index in [1.165, 1.54) is 32.8 Å². The standard InChI is InChI=1S/C99H62N6O2/c1-99(2)85-43-19-16-38-77(85)89-79(41-24-44-86(89)99)96-102-95(75-51-47-62(59-25-6-3-7-26-59)56-82(75)61-29-10-5-11-30-61)104-98(105-96)81-54-53-67(90-78-39-18-21-46-88(78)107-92(81)90)64-31-22-32-65(55-64)83-57-63(60-27-8-4-9-28-60)48-52-76(83)94-100-93(101-97(103-94)80-42-23-40-74-73-37-17-20-45-87(73)106-91(74)80)66-49-50-72-70-35-13-12-33-68(70)69-34-14-15-36-71(69)84(72)58-66/h3-58H,1-2H3. The average Bonchev–Trinajstić information content (AvgIpc) is 1.68. The van der Waals surface area contributed by atoms with Crippen molar-refractivity contribution >= 4 is 76.2 Å². The second-order valence-electron chi connectivity index (χ2n) is 28.3. The molecule has 4 aromatic heterocycles. The lowest BCUT2D eigenvalue weighted by Gasteiger charge is -2.21. The lowest BCUT2D eigenvalue weighted by Crippen LogP contribution is -2.14. The van der Waals surface area contributed by atoms with Gasteiger partial charge >= 0.3 is 0 Å². The smallest absolute Gasteiger partial charge is 0.167 e. The van der Waals surface area contributed by atoms with Crippen LogP contribution in [0, 0.1) is 0 Å². The SMILES string of the molecule is CC1(C)c2ccccc2-c2c(-c3nc(-c4ccc(-c5ccccc5)cc4-c4ccccc4)nc(-c4ccc(-c5cccc(-c6cc(-c7ccccc7)ccc6-c6nc(-c7ccc8c9ccccc9c9ccccc9c8c7)nc(-c7cccc8c7oc7ccccc78)n6)c5)c5c4oc4ccccc45)n3)cccc21. The predicted molar refractivity (Wildman–Crippen MR) is 438 cm³/mol. The maximum absolute atomic E-state index is 7.23. The van der Waals surface area contributed by atoms with Crippen LogP contribution in [0.2, 0.25) is 0 Å². The second-order valence-corrected chi connectivity index (χ2v) is 28.3. The Hall–Kier alpha value is -14.1. The number of fused-ring (bicyclic) bond motifs is 15. The van der Waals surface area contributed by atoms with Crippen molar-refractivity contribution in [3.63, 3.8) is 0 Å². The Morgan fingerprint density at radius 3 is 1.24 bits per heavy atom. The van der Waals surface area contributed by atoms with Gasteiger partial charge in [0.15, 0.2) is 34.9 Å². The van der Waals surface area contributed by atoms with Crippen molar-refractivity contribution in [2.45, 2.75) is 19.3 Å². The second kappa shape index (κ2) is 24.6. The van der Waals surface area contributed by atoms with Gasteiger partial charge in [0.25, 0.3) is 0 Å². The number of benzene rings is 16. The molecule has 8 heteroatoms. The van der Waals surface area contributed by atoms with E-state index >= 15 is 0 Å². The molecule has 4 heterocycles. The van der Waals surface area contributed by atoms with Gasteiger partial charge in [-0.3, -0.25) is 0 Å². The first-order valence-electron chi connectivity index (χ1n) is 36.3. The number of furan rings is 2. The molecular weight excluding hydrogens is 1310 g/mol. The van der Waals surface area contributed by atoms with Gasteiger partial charge in [0.05, 0.1) is 11.1 Å². The highest BCUT2D eigenvalue weighted by atomic mass is 16.3. The summed E-state index contributed by atoms with van der Waals surface area (Å²) >= 11 is 0. The van der Waals surface area contributed by atoms with Crippen LogP contribution in [0.4, 0.5) is 0 Å². The fraction of sp³-hybridized carbons (Fsp3) is 0.0303. The van der Waals surface area contributed by atoms with Gasteiger partial charge in [-0.05, 0) is 171 Å². The van der Waals surface area contributed by atoms with Crippen molar-refractivity contribution < 1.29 is 8.83 Å². The van der Waals surface area contributed by atoms with E-state index in [1.807, 2.05) is 30.3 Å². The van der Waals surface area contributed by atoms with Crippen molar-refractivity contribution in [2.24, 2.45) is 0 Å². The molecule has 0 bridgehead atoms. The molecule has 16 aromatic carbocycles. The van der Waals surface area contributed by atoms with Crippen LogP contribution >= 0.6 is 0 Å². The van der Waals surface area contributed by atoms with E-state index in [0.29, 0.717) is 46.1 Å². The summed E-state index contributed by atoms with van der Waals surface area (Å²) < 4.78 is 14.0. The van der Waals surface area contributed by atoms with Crippen LogP contribution in [0.3, 0.4) is 0 Å². The molecule has 500 valence electrons. The van der Waals surface area contributed by atoms with Crippen molar-refractivity contribution in [3.8, 4) is 135 Å². The lowest BCUT2D eigenvalue weighted by atomic mass is 9.82. The molecule has 0 atom stereocenters. The summed E-state index contributed by atoms with van der Waals surface area (Å²) in [5.41, 5.74) is 22.7. The summed E-state index contributed by atoms with van der Waals surface area (Å²) in [4.78, 5) is 33.4. The minimum absolute atomic E-state index is 0.258. The van der Waals surface area contributed by atoms with Crippen molar-refractivity contribution in [2.75, 3.05) is 0 Å². The topological polar surface area (TPSA) is 104 Å². The third kappa shape index (κ3) is 10.1. The van der Waals surface area contributed by atoms with Gasteiger partial charge in [-0.1, -0.05) is 293 Å². The highest BCUT2D eigenvalue weighted by Gasteiger charge is 2.37. The normalized spacial score (nSPS) is 12.5. The summed E-state index contributed by atoms with van der Waals surface area (Å²) in [6.07, 6.45) is 0. The van der Waals surface area contributed by atoms with Crippen molar-refractivity contribution in [1.82, 2.24) is 29.9 Å². The van der Waals surface area contributed by atoms with Gasteiger partial charge in [0, 0.05) is 49.2 Å². The first-order valence-corrected chi connectivity index (χ1v) is 36.3. The Morgan fingerprint density at radius 2 is 0.598 bits per heavy atom. The van der Waals surface area contributed by atoms with Gasteiger partial charge in [-0.25, -0.2) is 29.9 Å². The van der Waals surface area contributed by atoms with Crippen LogP contribution in [0.1, 0.15) is 25.0 Å². The number of nitrogens with zero attached hydrogens (tertiary/aromatic N) is 6. The Labute approximate surface area is 616 Å². The molecule has 0 radical (unpaired) electrons. The summed E-state index contributed by atoms with van der Waals surface area (Å²) in [5, 5.41) is 10.9. The van der Waals surface area contributed by atoms with Crippen molar-refractivity contribution in [3.05, 3.63) is 351 Å². The molecule has 20 aromatic rings. The molecule has 21 rings (SSSR count). The molecule has 0 amide bonds. The van der Waals surface area contributed by atoms with Gasteiger partial charge in [-0.15, -0.1) is 0 Å². The van der Waals surface area contributed by atoms with E-state index in [4.69, 9.17) is 38.7 Å². The van der Waals surface area contributed by atoms with Gasteiger partial charge in [0.2, 0.25) is 0 Å². The fourth-order valence-corrected chi connectivity index (χ4v) is 16.7. The van der Waals surface area contributed by atoms with Crippen LogP contribution < -0.4 is 0 Å². The monoisotopic (exact) mass is 1370 g/mol. The van der Waals surface area contributed by atoms with Crippen LogP contribution in [-0.4, -0.2) is 29.9 Å². The molecule has 0 N–H and O–H groups in total. The number of para-hydroxylation sites is 3. The van der Waals surface area contributed by atoms with Gasteiger partial charge in [-0.2, -0.15) is 0 Å². The number of hydrogen-bond acceptors (Lipinski definition) is 8. The minimum atomic E-state index is -0.258. The highest BCUT2D eigenvalue weighted by Crippen LogP contribution is 2.53. The zero-order valence-corrected chi connectivity index (χ0v) is 58.3. The van der Waals surface area contributed by atoms with Gasteiger partial charge in [0.1, 0.15) is 22.3 Å². The van der Waals surface area contributed by atoms with E-state index in [2.05, 4.69) is 323 Å². The van der Waals surface area contributed by atoms with Crippen LogP contribution in [0.5, 0.6) is 0 Å². The van der Waals surface area contributed by atoms with E-state index < -0.39 is 0 Å². The number of aromatic nitrogens is 6. The van der Waals surface area contributed by atoms with Crippen LogP contribution in [0.15, 0.2) is 349 Å². The van der Waals surface area contributed by atoms with E-state index in [9.17, 15) is 0 Å². The Kier molecular flexibility index (Phi) is 14.1. The highest BCUT2D eigenvalue weighted by molar-refractivity contribution is 6.26. The largest absolute Gasteiger partial charge is 0.455 e. The predicted octanol–water partition coefficient (Wildman–Crippen LogP) is 26.0. The van der Waals surface area contributed by atoms with E-state index in [1.54, 1.807) is 0 Å². The Morgan fingerprint density at radius 1 is 0.206 bits per heavy atom. The molecule has 8 nitrogen and oxygen atoms in total. The lowest BCUT2D eigenvalue weighted by molar-refractivity contribution is 0.660. The van der Waals surface area contributed by atoms with Gasteiger partial charge < -0.3 is 8.83 Å². The molecular formula is C99H62N6O2. The summed E-state index contributed by atoms with van der Waals surface area (Å²) in [5.74, 6) is 3.15. The molecule has 0 unspecified atom stereocenters. The summed E-state index contributed by atoms with van der Waals surface area (Å²) in [7, 11) is 0. The molecule has 1 aliphatic carbocycles. The average molecular weight is 1370 g/mol. The quantitative estimate of drug-likeness (QED) is 0.118. The zero-order chi connectivity index (χ0) is 70.8. The van der Waals surface area contributed by atoms with E-state index in [-0.39, 0.29) is 5.41 Å². The third-order valence-corrected chi connectivity index (χ3v) is 21.8. The summed E-state index contributed by atoms with van der Waals surface area (Å²) in [6.45, 7) is 4.62. The molecule has 1 aliphatic rings. The number of hydrogen-bond donors (Lipinski definition) is 0. The molecule has 0 aliphatic heterocycles. The Balaban J connectivity index is 0.764. The minimum Gasteiger partial charge on any atom is -0.455 e. The Bertz CT molecular complexity index is 7000. The zero-order valence-electron chi connectivity index (χ0n) is 58.3. The molecule has 0 fully saturated rings. The third-order valence-electron chi connectivity index (χ3n) is 21.8. The van der Waals surface area contributed by atoms with Crippen LogP contribution in [0.25, 0.3) is 211 Å². The molecule has 0 saturated carbocycles. The maximum Gasteiger partial charge on any atom is 0.167 e. The molecule has 107 heavy (non-hydrogen) atoms. The first-order chi connectivity index (χ1) is 52.8. The van der Waals surface area contributed by atoms with E-state index in [0.717, 1.165) is 143 Å². The van der Waals surface area contributed by atoms with Crippen molar-refractivity contribution in [1.29, 1.82) is 0 Å². The molecule has 0 saturated heterocycles. The fourth-order valence-electron chi connectivity index (χ4n) is 16.7. The maximum atomic E-state index is 7.23. The molecule has 0 spiro atoms. The number of rotatable bonds is 11.